The highest BCUT2D eigenvalue weighted by atomic mass is 15.1. The molecule has 2 rings (SSSR count). The summed E-state index contributed by atoms with van der Waals surface area (Å²) in [5.41, 5.74) is 3.95. The monoisotopic (exact) mass is 276 g/mol. The molecule has 0 aliphatic carbocycles. The largest absolute Gasteiger partial charge is 0.311 e. The molecule has 0 amide bonds. The summed E-state index contributed by atoms with van der Waals surface area (Å²) in [6.07, 6.45) is 4.29. The maximum Gasteiger partial charge on any atom is 0.130 e. The Morgan fingerprint density at radius 2 is 1.90 bits per heavy atom. The van der Waals surface area contributed by atoms with E-state index < -0.39 is 0 Å². The first kappa shape index (κ1) is 15.4. The highest BCUT2D eigenvalue weighted by molar-refractivity contribution is 5.28. The summed E-state index contributed by atoms with van der Waals surface area (Å²) in [5, 5.41) is 3.42. The summed E-state index contributed by atoms with van der Waals surface area (Å²) in [7, 11) is 0. The van der Waals surface area contributed by atoms with Gasteiger partial charge in [-0.05, 0) is 38.0 Å². The number of aryl methyl sites for hydroxylation is 1. The predicted molar refractivity (Wildman–Crippen MR) is 82.9 cm³/mol. The van der Waals surface area contributed by atoms with Crippen LogP contribution in [-0.2, 0) is 25.8 Å². The summed E-state index contributed by atoms with van der Waals surface area (Å²) in [5.74, 6) is 1.03. The molecule has 1 aromatic heterocycles. The molecule has 4 nitrogen and oxygen atoms in total. The second-order valence-electron chi connectivity index (χ2n) is 5.47. The van der Waals surface area contributed by atoms with E-state index in [0.29, 0.717) is 0 Å². The number of nitrogens with one attached hydrogen (secondary N) is 1. The van der Waals surface area contributed by atoms with Gasteiger partial charge in [-0.1, -0.05) is 27.2 Å². The molecule has 0 radical (unpaired) electrons. The second-order valence-corrected chi connectivity index (χ2v) is 5.47. The van der Waals surface area contributed by atoms with Crippen LogP contribution in [-0.4, -0.2) is 41.0 Å². The molecule has 0 unspecified atom stereocenters. The first-order valence-electron chi connectivity index (χ1n) is 8.09. The van der Waals surface area contributed by atoms with E-state index in [1.807, 2.05) is 0 Å². The van der Waals surface area contributed by atoms with Crippen molar-refractivity contribution in [3.05, 3.63) is 22.8 Å². The Morgan fingerprint density at radius 3 is 2.60 bits per heavy atom. The number of rotatable bonds is 7. The summed E-state index contributed by atoms with van der Waals surface area (Å²) in [4.78, 5) is 12.1. The van der Waals surface area contributed by atoms with Crippen LogP contribution in [0.2, 0.25) is 0 Å². The fourth-order valence-electron chi connectivity index (χ4n) is 2.85. The highest BCUT2D eigenvalue weighted by Gasteiger charge is 2.17. The van der Waals surface area contributed by atoms with Crippen LogP contribution in [0, 0.1) is 0 Å². The van der Waals surface area contributed by atoms with Crippen molar-refractivity contribution in [2.24, 2.45) is 0 Å². The molecule has 1 aliphatic heterocycles. The van der Waals surface area contributed by atoms with Crippen molar-refractivity contribution in [1.82, 2.24) is 20.2 Å². The minimum atomic E-state index is 0.910. The molecule has 1 aromatic rings. The van der Waals surface area contributed by atoms with Gasteiger partial charge in [-0.25, -0.2) is 9.97 Å². The Bertz CT molecular complexity index is 427. The third kappa shape index (κ3) is 3.76. The van der Waals surface area contributed by atoms with Gasteiger partial charge in [-0.15, -0.1) is 0 Å². The van der Waals surface area contributed by atoms with Gasteiger partial charge in [0.15, 0.2) is 0 Å². The molecule has 0 fully saturated rings. The number of likely N-dealkylation sites (N-methyl/N-ethyl adjacent to an activating group) is 1. The number of hydrogen-bond donors (Lipinski definition) is 1. The van der Waals surface area contributed by atoms with Gasteiger partial charge in [-0.3, -0.25) is 0 Å². The Labute approximate surface area is 123 Å². The highest BCUT2D eigenvalue weighted by Crippen LogP contribution is 2.17. The van der Waals surface area contributed by atoms with Crippen LogP contribution in [0.15, 0.2) is 0 Å². The molecule has 1 aliphatic rings. The number of fused-ring (bicyclic) bond motifs is 1. The average Bonchev–Trinajstić information content (AvgIpc) is 2.48. The lowest BCUT2D eigenvalue weighted by atomic mass is 10.0. The maximum absolute atomic E-state index is 4.85. The molecule has 0 spiro atoms. The van der Waals surface area contributed by atoms with Crippen LogP contribution < -0.4 is 5.32 Å². The van der Waals surface area contributed by atoms with E-state index in [1.165, 1.54) is 17.0 Å². The van der Waals surface area contributed by atoms with Gasteiger partial charge in [0.2, 0.25) is 0 Å². The molecule has 0 saturated heterocycles. The summed E-state index contributed by atoms with van der Waals surface area (Å²) in [6, 6.07) is 0. The van der Waals surface area contributed by atoms with Crippen molar-refractivity contribution in [3.8, 4) is 0 Å². The van der Waals surface area contributed by atoms with Crippen LogP contribution >= 0.6 is 0 Å². The number of nitrogens with zero attached hydrogens (tertiary/aromatic N) is 3. The van der Waals surface area contributed by atoms with Crippen LogP contribution in [0.25, 0.3) is 0 Å². The smallest absolute Gasteiger partial charge is 0.130 e. The van der Waals surface area contributed by atoms with E-state index >= 15 is 0 Å². The fourth-order valence-corrected chi connectivity index (χ4v) is 2.85. The van der Waals surface area contributed by atoms with Gasteiger partial charge in [0.25, 0.3) is 0 Å². The first-order chi connectivity index (χ1) is 9.78. The van der Waals surface area contributed by atoms with Crippen molar-refractivity contribution in [1.29, 1.82) is 0 Å². The van der Waals surface area contributed by atoms with Crippen LogP contribution in [0.4, 0.5) is 0 Å². The fraction of sp³-hybridized carbons (Fsp3) is 0.750. The Hall–Kier alpha value is -1.00. The molecule has 0 bridgehead atoms. The van der Waals surface area contributed by atoms with Crippen molar-refractivity contribution in [2.45, 2.75) is 53.0 Å². The predicted octanol–water partition coefficient (Wildman–Crippen LogP) is 1.96. The molecule has 2 heterocycles. The Kier molecular flexibility index (Phi) is 5.92. The first-order valence-corrected chi connectivity index (χ1v) is 8.09. The molecule has 0 saturated carbocycles. The van der Waals surface area contributed by atoms with Gasteiger partial charge in [0.05, 0.1) is 5.69 Å². The van der Waals surface area contributed by atoms with E-state index in [1.54, 1.807) is 0 Å². The zero-order valence-electron chi connectivity index (χ0n) is 13.2. The van der Waals surface area contributed by atoms with Crippen molar-refractivity contribution >= 4 is 0 Å². The van der Waals surface area contributed by atoms with Gasteiger partial charge < -0.3 is 10.2 Å². The molecule has 4 heteroatoms. The average molecular weight is 276 g/mol. The molecule has 0 atom stereocenters. The summed E-state index contributed by atoms with van der Waals surface area (Å²) >= 11 is 0. The maximum atomic E-state index is 4.85. The lowest BCUT2D eigenvalue weighted by Crippen LogP contribution is -2.29. The van der Waals surface area contributed by atoms with E-state index in [0.717, 1.165) is 64.2 Å². The summed E-state index contributed by atoms with van der Waals surface area (Å²) in [6.45, 7) is 11.9. The summed E-state index contributed by atoms with van der Waals surface area (Å²) < 4.78 is 0. The normalized spacial score (nSPS) is 14.6. The Morgan fingerprint density at radius 1 is 1.10 bits per heavy atom. The zero-order valence-corrected chi connectivity index (χ0v) is 13.2. The minimum absolute atomic E-state index is 0.910. The van der Waals surface area contributed by atoms with Crippen LogP contribution in [0.5, 0.6) is 0 Å². The van der Waals surface area contributed by atoms with Crippen molar-refractivity contribution < 1.29 is 0 Å². The van der Waals surface area contributed by atoms with E-state index in [4.69, 9.17) is 9.97 Å². The molecular weight excluding hydrogens is 248 g/mol. The standard InChI is InChI=1S/C16H28N4/c1-4-7-14-13-8-10-17-12-15(13)19-16(18-14)9-11-20(5-2)6-3/h17H,4-12H2,1-3H3. The second kappa shape index (κ2) is 7.70. The van der Waals surface area contributed by atoms with Crippen LogP contribution in [0.1, 0.15) is 50.0 Å². The van der Waals surface area contributed by atoms with Gasteiger partial charge >= 0.3 is 0 Å². The molecular formula is C16H28N4. The van der Waals surface area contributed by atoms with Gasteiger partial charge in [0, 0.05) is 25.2 Å². The lowest BCUT2D eigenvalue weighted by molar-refractivity contribution is 0.305. The van der Waals surface area contributed by atoms with E-state index in [-0.39, 0.29) is 0 Å². The van der Waals surface area contributed by atoms with Crippen molar-refractivity contribution in [3.63, 3.8) is 0 Å². The topological polar surface area (TPSA) is 41.1 Å². The SMILES string of the molecule is CCCc1nc(CCN(CC)CC)nc2c1CCNC2. The third-order valence-electron chi connectivity index (χ3n) is 4.10. The van der Waals surface area contributed by atoms with Gasteiger partial charge in [-0.2, -0.15) is 0 Å². The lowest BCUT2D eigenvalue weighted by Gasteiger charge is -2.21. The number of hydrogen-bond acceptors (Lipinski definition) is 4. The Balaban J connectivity index is 2.14. The molecule has 1 N–H and O–H groups in total. The van der Waals surface area contributed by atoms with Gasteiger partial charge in [0.1, 0.15) is 5.82 Å². The molecule has 20 heavy (non-hydrogen) atoms. The molecule has 112 valence electrons. The van der Waals surface area contributed by atoms with Crippen LogP contribution in [0.3, 0.4) is 0 Å². The zero-order chi connectivity index (χ0) is 14.4. The quantitative estimate of drug-likeness (QED) is 0.826. The van der Waals surface area contributed by atoms with Crippen molar-refractivity contribution in [2.75, 3.05) is 26.2 Å². The van der Waals surface area contributed by atoms with E-state index in [2.05, 4.69) is 31.0 Å². The third-order valence-corrected chi connectivity index (χ3v) is 4.10. The molecule has 0 aromatic carbocycles. The van der Waals surface area contributed by atoms with E-state index in [9.17, 15) is 0 Å². The number of aromatic nitrogens is 2. The minimum Gasteiger partial charge on any atom is -0.311 e.